The zero-order valence-electron chi connectivity index (χ0n) is 24.4. The number of aliphatic carboxylic acids is 2. The van der Waals surface area contributed by atoms with Gasteiger partial charge in [-0.25, -0.2) is 4.39 Å². The van der Waals surface area contributed by atoms with E-state index in [1.165, 1.54) is 29.0 Å². The Bertz CT molecular complexity index is 1700. The second-order valence-electron chi connectivity index (χ2n) is 10.2. The van der Waals surface area contributed by atoms with Gasteiger partial charge in [0.15, 0.2) is 11.6 Å². The Morgan fingerprint density at radius 2 is 1.57 bits per heavy atom. The second-order valence-corrected chi connectivity index (χ2v) is 10.2. The van der Waals surface area contributed by atoms with Crippen molar-refractivity contribution in [3.05, 3.63) is 89.1 Å². The molecule has 46 heavy (non-hydrogen) atoms. The van der Waals surface area contributed by atoms with E-state index in [0.29, 0.717) is 47.2 Å². The maximum Gasteiger partial charge on any atom is 0.573 e. The Morgan fingerprint density at radius 1 is 0.848 bits per heavy atom. The Labute approximate surface area is 260 Å². The lowest BCUT2D eigenvalue weighted by atomic mass is 10.0. The lowest BCUT2D eigenvalue weighted by Gasteiger charge is -2.12. The van der Waals surface area contributed by atoms with E-state index in [0.717, 1.165) is 12.1 Å². The summed E-state index contributed by atoms with van der Waals surface area (Å²) in [4.78, 5) is 22.6. The third-order valence-corrected chi connectivity index (χ3v) is 6.75. The number of hydrogen-bond donors (Lipinski definition) is 2. The molecule has 0 radical (unpaired) electrons. The first kappa shape index (κ1) is 33.8. The second kappa shape index (κ2) is 15.3. The molecule has 2 N–H and O–H groups in total. The third kappa shape index (κ3) is 9.71. The highest BCUT2D eigenvalue weighted by molar-refractivity contribution is 5.95. The van der Waals surface area contributed by atoms with Gasteiger partial charge in [-0.05, 0) is 73.2 Å². The molecule has 1 aromatic heterocycles. The molecule has 0 saturated heterocycles. The summed E-state index contributed by atoms with van der Waals surface area (Å²) in [5.41, 5.74) is 1.80. The lowest BCUT2D eigenvalue weighted by Crippen LogP contribution is -2.17. The minimum absolute atomic E-state index is 0.156. The number of hydrogen-bond acceptors (Lipinski definition) is 5. The molecule has 0 bridgehead atoms. The van der Waals surface area contributed by atoms with Crippen molar-refractivity contribution in [1.29, 1.82) is 0 Å². The standard InChI is InChI=1S/C33H30F5NO7/c34-27-6-4-7-28(31(27)35)45-16-2-1-15-44-24-13-10-21(11-14-24)9-12-22-17-25(46-33(36,37)38)18-26-23(5-3-8-29(40)41)19-39(32(22)26)20-30(42)43/h4,6-7,9-14,17-19H,1-3,5,8,15-16,20H2,(H,40,41)(H,42,43)/b12-9+. The van der Waals surface area contributed by atoms with E-state index in [4.69, 9.17) is 14.6 Å². The number of fused-ring (bicyclic) bond motifs is 1. The van der Waals surface area contributed by atoms with E-state index in [-0.39, 0.29) is 37.2 Å². The van der Waals surface area contributed by atoms with Crippen LogP contribution in [0.3, 0.4) is 0 Å². The van der Waals surface area contributed by atoms with Crippen molar-refractivity contribution in [2.24, 2.45) is 0 Å². The highest BCUT2D eigenvalue weighted by atomic mass is 19.4. The van der Waals surface area contributed by atoms with Gasteiger partial charge in [0.05, 0.1) is 18.7 Å². The van der Waals surface area contributed by atoms with Crippen molar-refractivity contribution in [2.45, 2.75) is 45.0 Å². The van der Waals surface area contributed by atoms with E-state index in [9.17, 15) is 36.6 Å². The Kier molecular flexibility index (Phi) is 11.2. The van der Waals surface area contributed by atoms with Gasteiger partial charge in [-0.3, -0.25) is 9.59 Å². The first-order valence-electron chi connectivity index (χ1n) is 14.2. The third-order valence-electron chi connectivity index (χ3n) is 6.75. The molecule has 3 aromatic carbocycles. The molecule has 4 rings (SSSR count). The lowest BCUT2D eigenvalue weighted by molar-refractivity contribution is -0.274. The van der Waals surface area contributed by atoms with Gasteiger partial charge in [0, 0.05) is 23.6 Å². The fourth-order valence-electron chi connectivity index (χ4n) is 4.77. The van der Waals surface area contributed by atoms with E-state index >= 15 is 0 Å². The predicted octanol–water partition coefficient (Wildman–Crippen LogP) is 7.72. The largest absolute Gasteiger partial charge is 0.573 e. The van der Waals surface area contributed by atoms with Crippen molar-refractivity contribution in [1.82, 2.24) is 4.57 Å². The summed E-state index contributed by atoms with van der Waals surface area (Å²) in [6.45, 7) is 0.0503. The molecule has 0 saturated carbocycles. The quantitative estimate of drug-likeness (QED) is 0.0729. The number of aromatic nitrogens is 1. The van der Waals surface area contributed by atoms with Gasteiger partial charge < -0.3 is 29.0 Å². The molecule has 0 fully saturated rings. The van der Waals surface area contributed by atoms with Crippen LogP contribution in [0, 0.1) is 11.6 Å². The number of aryl methyl sites for hydroxylation is 1. The van der Waals surface area contributed by atoms with Crippen LogP contribution < -0.4 is 14.2 Å². The van der Waals surface area contributed by atoms with Gasteiger partial charge >= 0.3 is 18.3 Å². The maximum absolute atomic E-state index is 13.6. The summed E-state index contributed by atoms with van der Waals surface area (Å²) in [5.74, 6) is -4.31. The number of carbonyl (C=O) groups is 2. The van der Waals surface area contributed by atoms with Crippen molar-refractivity contribution in [3.8, 4) is 17.2 Å². The zero-order chi connectivity index (χ0) is 33.3. The molecule has 8 nitrogen and oxygen atoms in total. The zero-order valence-corrected chi connectivity index (χ0v) is 24.4. The Morgan fingerprint density at radius 3 is 2.24 bits per heavy atom. The summed E-state index contributed by atoms with van der Waals surface area (Å²) in [6.07, 6.45) is 1.08. The predicted molar refractivity (Wildman–Crippen MR) is 159 cm³/mol. The van der Waals surface area contributed by atoms with Crippen LogP contribution in [0.2, 0.25) is 0 Å². The number of ether oxygens (including phenoxy) is 3. The Balaban J connectivity index is 1.46. The molecule has 4 aromatic rings. The number of halogens is 5. The van der Waals surface area contributed by atoms with Crippen LogP contribution in [-0.2, 0) is 22.6 Å². The summed E-state index contributed by atoms with van der Waals surface area (Å²) >= 11 is 0. The van der Waals surface area contributed by atoms with Crippen LogP contribution in [0.15, 0.2) is 60.8 Å². The molecule has 0 spiro atoms. The van der Waals surface area contributed by atoms with E-state index in [1.807, 2.05) is 0 Å². The SMILES string of the molecule is O=C(O)CCCc1cn(CC(=O)O)c2c(/C=C/c3ccc(OCCCCOc4cccc(F)c4F)cc3)cc(OC(F)(F)F)cc12. The van der Waals surface area contributed by atoms with E-state index in [1.54, 1.807) is 36.4 Å². The van der Waals surface area contributed by atoms with Crippen molar-refractivity contribution in [3.63, 3.8) is 0 Å². The van der Waals surface area contributed by atoms with Gasteiger partial charge in [-0.2, -0.15) is 4.39 Å². The number of unbranched alkanes of at least 4 members (excludes halogenated alkanes) is 1. The molecular formula is C33H30F5NO7. The summed E-state index contributed by atoms with van der Waals surface area (Å²) < 4.78 is 82.9. The topological polar surface area (TPSA) is 107 Å². The van der Waals surface area contributed by atoms with Crippen molar-refractivity contribution in [2.75, 3.05) is 13.2 Å². The van der Waals surface area contributed by atoms with Crippen molar-refractivity contribution < 1.29 is 56.0 Å². The van der Waals surface area contributed by atoms with Crippen LogP contribution in [0.4, 0.5) is 22.0 Å². The number of benzene rings is 3. The molecule has 0 unspecified atom stereocenters. The molecule has 244 valence electrons. The highest BCUT2D eigenvalue weighted by Crippen LogP contribution is 2.34. The van der Waals surface area contributed by atoms with Crippen LogP contribution in [-0.4, -0.2) is 46.3 Å². The number of carboxylic acid groups (broad SMARTS) is 2. The smallest absolute Gasteiger partial charge is 0.494 e. The normalized spacial score (nSPS) is 11.7. The molecule has 0 aliphatic carbocycles. The fraction of sp³-hybridized carbons (Fsp3) is 0.273. The monoisotopic (exact) mass is 647 g/mol. The average molecular weight is 648 g/mol. The summed E-state index contributed by atoms with van der Waals surface area (Å²) in [6, 6.07) is 12.9. The average Bonchev–Trinajstić information content (AvgIpc) is 3.31. The first-order chi connectivity index (χ1) is 21.9. The first-order valence-corrected chi connectivity index (χ1v) is 14.2. The molecule has 1 heterocycles. The summed E-state index contributed by atoms with van der Waals surface area (Å²) in [5, 5.41) is 18.8. The van der Waals surface area contributed by atoms with Crippen LogP contribution in [0.5, 0.6) is 17.2 Å². The number of rotatable bonds is 16. The fourth-order valence-corrected chi connectivity index (χ4v) is 4.77. The highest BCUT2D eigenvalue weighted by Gasteiger charge is 2.31. The van der Waals surface area contributed by atoms with E-state index in [2.05, 4.69) is 4.74 Å². The van der Waals surface area contributed by atoms with Gasteiger partial charge in [-0.15, -0.1) is 13.2 Å². The van der Waals surface area contributed by atoms with Crippen LogP contribution in [0.25, 0.3) is 23.1 Å². The van der Waals surface area contributed by atoms with Crippen LogP contribution in [0.1, 0.15) is 42.4 Å². The van der Waals surface area contributed by atoms with E-state index < -0.39 is 42.2 Å². The molecule has 0 aliphatic heterocycles. The molecule has 0 atom stereocenters. The molecule has 13 heteroatoms. The molecule has 0 amide bonds. The van der Waals surface area contributed by atoms with Gasteiger partial charge in [0.25, 0.3) is 0 Å². The van der Waals surface area contributed by atoms with Gasteiger partial charge in [0.1, 0.15) is 18.0 Å². The number of alkyl halides is 3. The molecular weight excluding hydrogens is 617 g/mol. The summed E-state index contributed by atoms with van der Waals surface area (Å²) in [7, 11) is 0. The Hall–Kier alpha value is -5.07. The minimum atomic E-state index is -4.97. The maximum atomic E-state index is 13.6. The van der Waals surface area contributed by atoms with Gasteiger partial charge in [0.2, 0.25) is 5.82 Å². The van der Waals surface area contributed by atoms with Crippen molar-refractivity contribution >= 4 is 35.0 Å². The van der Waals surface area contributed by atoms with Gasteiger partial charge in [-0.1, -0.05) is 30.4 Å². The minimum Gasteiger partial charge on any atom is -0.494 e. The number of carboxylic acids is 2. The van der Waals surface area contributed by atoms with Crippen LogP contribution >= 0.6 is 0 Å². The molecule has 0 aliphatic rings. The number of nitrogens with zero attached hydrogens (tertiary/aromatic N) is 1.